The van der Waals surface area contributed by atoms with E-state index in [0.29, 0.717) is 11.7 Å². The summed E-state index contributed by atoms with van der Waals surface area (Å²) >= 11 is 6.97. The lowest BCUT2D eigenvalue weighted by molar-refractivity contribution is 0.588. The van der Waals surface area contributed by atoms with Crippen LogP contribution in [0.4, 0.5) is 0 Å². The van der Waals surface area contributed by atoms with E-state index in [0.717, 1.165) is 22.6 Å². The lowest BCUT2D eigenvalue weighted by Gasteiger charge is -2.14. The molecule has 0 bridgehead atoms. The van der Waals surface area contributed by atoms with Crippen LogP contribution in [0.5, 0.6) is 0 Å². The van der Waals surface area contributed by atoms with Crippen molar-refractivity contribution in [2.24, 2.45) is 0 Å². The lowest BCUT2D eigenvalue weighted by Crippen LogP contribution is -2.10. The third kappa shape index (κ3) is 5.41. The van der Waals surface area contributed by atoms with Crippen molar-refractivity contribution in [3.05, 3.63) is 34.3 Å². The minimum absolute atomic E-state index is 0.239. The van der Waals surface area contributed by atoms with Crippen LogP contribution in [0, 0.1) is 0 Å². The van der Waals surface area contributed by atoms with Gasteiger partial charge in [-0.3, -0.25) is 0 Å². The molecular weight excluding hydrogens is 380 g/mol. The van der Waals surface area contributed by atoms with Crippen LogP contribution in [-0.2, 0) is 9.84 Å². The minimum Gasteiger partial charge on any atom is -0.229 e. The van der Waals surface area contributed by atoms with E-state index < -0.39 is 9.84 Å². The molecule has 0 amide bonds. The van der Waals surface area contributed by atoms with E-state index >= 15 is 0 Å². The molecular formula is C13H18Br2O2S. The van der Waals surface area contributed by atoms with Crippen molar-refractivity contribution >= 4 is 41.7 Å². The van der Waals surface area contributed by atoms with Crippen molar-refractivity contribution in [2.75, 3.05) is 16.8 Å². The monoisotopic (exact) mass is 396 g/mol. The highest BCUT2D eigenvalue weighted by Crippen LogP contribution is 2.26. The zero-order valence-electron chi connectivity index (χ0n) is 10.4. The van der Waals surface area contributed by atoms with Crippen molar-refractivity contribution in [3.63, 3.8) is 0 Å². The van der Waals surface area contributed by atoms with Gasteiger partial charge in [-0.25, -0.2) is 8.42 Å². The van der Waals surface area contributed by atoms with Gasteiger partial charge in [-0.1, -0.05) is 50.9 Å². The Morgan fingerprint density at radius 2 is 2.06 bits per heavy atom. The lowest BCUT2D eigenvalue weighted by atomic mass is 9.97. The molecule has 0 aromatic heterocycles. The Labute approximate surface area is 126 Å². The van der Waals surface area contributed by atoms with E-state index in [2.05, 4.69) is 44.0 Å². The molecule has 1 unspecified atom stereocenters. The van der Waals surface area contributed by atoms with Gasteiger partial charge in [-0.15, -0.1) is 0 Å². The summed E-state index contributed by atoms with van der Waals surface area (Å²) in [6, 6.07) is 8.19. The van der Waals surface area contributed by atoms with Crippen molar-refractivity contribution in [3.8, 4) is 0 Å². The fraction of sp³-hybridized carbons (Fsp3) is 0.538. The maximum absolute atomic E-state index is 11.4. The number of rotatable bonds is 7. The normalized spacial score (nSPS) is 13.5. The Hall–Kier alpha value is 0.130. The second-order valence-electron chi connectivity index (χ2n) is 4.28. The number of hydrogen-bond donors (Lipinski definition) is 0. The second kappa shape index (κ2) is 7.65. The maximum atomic E-state index is 11.4. The molecule has 1 rings (SSSR count). The first kappa shape index (κ1) is 16.2. The highest BCUT2D eigenvalue weighted by molar-refractivity contribution is 9.10. The van der Waals surface area contributed by atoms with Crippen molar-refractivity contribution < 1.29 is 8.42 Å². The predicted octanol–water partition coefficient (Wildman–Crippen LogP) is 4.14. The first-order valence-electron chi connectivity index (χ1n) is 6.00. The van der Waals surface area contributed by atoms with Gasteiger partial charge in [0.15, 0.2) is 0 Å². The van der Waals surface area contributed by atoms with Crippen molar-refractivity contribution in [1.29, 1.82) is 0 Å². The predicted molar refractivity (Wildman–Crippen MR) is 84.2 cm³/mol. The molecule has 0 N–H and O–H groups in total. The Bertz CT molecular complexity index is 472. The molecule has 0 saturated carbocycles. The van der Waals surface area contributed by atoms with E-state index in [9.17, 15) is 8.42 Å². The molecule has 0 aliphatic carbocycles. The summed E-state index contributed by atoms with van der Waals surface area (Å²) in [5.74, 6) is 0.902. The molecule has 1 aromatic rings. The minimum atomic E-state index is -2.84. The van der Waals surface area contributed by atoms with Gasteiger partial charge in [-0.05, 0) is 36.5 Å². The summed E-state index contributed by atoms with van der Waals surface area (Å²) in [6.07, 6.45) is 1.61. The molecule has 0 saturated heterocycles. The van der Waals surface area contributed by atoms with Crippen LogP contribution in [0.2, 0.25) is 0 Å². The third-order valence-electron chi connectivity index (χ3n) is 2.95. The second-order valence-corrected chi connectivity index (χ2v) is 8.32. The van der Waals surface area contributed by atoms with Crippen LogP contribution in [0.25, 0.3) is 0 Å². The zero-order chi connectivity index (χ0) is 13.6. The Balaban J connectivity index is 2.58. The quantitative estimate of drug-likeness (QED) is 0.647. The zero-order valence-corrected chi connectivity index (χ0v) is 14.4. The topological polar surface area (TPSA) is 34.1 Å². The summed E-state index contributed by atoms with van der Waals surface area (Å²) in [5.41, 5.74) is 1.25. The van der Waals surface area contributed by atoms with Gasteiger partial charge < -0.3 is 0 Å². The molecule has 2 nitrogen and oxygen atoms in total. The molecule has 5 heteroatoms. The van der Waals surface area contributed by atoms with Crippen LogP contribution < -0.4 is 0 Å². The SMILES string of the molecule is CCS(=O)(=O)CCCC(CBr)c1cccc(Br)c1. The molecule has 0 spiro atoms. The van der Waals surface area contributed by atoms with Gasteiger partial charge in [-0.2, -0.15) is 0 Å². The van der Waals surface area contributed by atoms with E-state index in [1.807, 2.05) is 12.1 Å². The highest BCUT2D eigenvalue weighted by atomic mass is 79.9. The highest BCUT2D eigenvalue weighted by Gasteiger charge is 2.13. The van der Waals surface area contributed by atoms with Gasteiger partial charge in [0.05, 0.1) is 5.75 Å². The van der Waals surface area contributed by atoms with Crippen LogP contribution in [0.3, 0.4) is 0 Å². The van der Waals surface area contributed by atoms with Gasteiger partial charge in [0.1, 0.15) is 9.84 Å². The van der Waals surface area contributed by atoms with E-state index in [1.54, 1.807) is 6.92 Å². The Kier molecular flexibility index (Phi) is 6.88. The Morgan fingerprint density at radius 1 is 1.33 bits per heavy atom. The number of benzene rings is 1. The molecule has 1 aromatic carbocycles. The van der Waals surface area contributed by atoms with Gasteiger partial charge in [0, 0.05) is 15.6 Å². The first-order valence-corrected chi connectivity index (χ1v) is 9.74. The first-order chi connectivity index (χ1) is 8.48. The maximum Gasteiger partial charge on any atom is 0.150 e. The van der Waals surface area contributed by atoms with Crippen LogP contribution in [-0.4, -0.2) is 25.3 Å². The molecule has 102 valence electrons. The van der Waals surface area contributed by atoms with Crippen molar-refractivity contribution in [1.82, 2.24) is 0 Å². The summed E-state index contributed by atoms with van der Waals surface area (Å²) in [7, 11) is -2.84. The average Bonchev–Trinajstić information content (AvgIpc) is 2.34. The van der Waals surface area contributed by atoms with E-state index in [1.165, 1.54) is 5.56 Å². The summed E-state index contributed by atoms with van der Waals surface area (Å²) in [6.45, 7) is 1.70. The van der Waals surface area contributed by atoms with E-state index in [4.69, 9.17) is 0 Å². The van der Waals surface area contributed by atoms with Gasteiger partial charge in [0.2, 0.25) is 0 Å². The number of alkyl halides is 1. The summed E-state index contributed by atoms with van der Waals surface area (Å²) in [5, 5.41) is 0.857. The number of halogens is 2. The fourth-order valence-electron chi connectivity index (χ4n) is 1.79. The van der Waals surface area contributed by atoms with Crippen LogP contribution in [0.1, 0.15) is 31.2 Å². The molecule has 0 fully saturated rings. The smallest absolute Gasteiger partial charge is 0.150 e. The Morgan fingerprint density at radius 3 is 2.61 bits per heavy atom. The largest absolute Gasteiger partial charge is 0.229 e. The number of hydrogen-bond acceptors (Lipinski definition) is 2. The molecule has 0 heterocycles. The van der Waals surface area contributed by atoms with Crippen LogP contribution >= 0.6 is 31.9 Å². The molecule has 1 atom stereocenters. The third-order valence-corrected chi connectivity index (χ3v) is 6.02. The summed E-state index contributed by atoms with van der Waals surface area (Å²) in [4.78, 5) is 0. The molecule has 18 heavy (non-hydrogen) atoms. The summed E-state index contributed by atoms with van der Waals surface area (Å²) < 4.78 is 23.9. The average molecular weight is 398 g/mol. The van der Waals surface area contributed by atoms with Gasteiger partial charge in [0.25, 0.3) is 0 Å². The van der Waals surface area contributed by atoms with Gasteiger partial charge >= 0.3 is 0 Å². The number of sulfone groups is 1. The molecule has 0 aliphatic rings. The standard InChI is InChI=1S/C13H18Br2O2S/c1-2-18(16,17)8-4-6-12(10-14)11-5-3-7-13(15)9-11/h3,5,7,9,12H,2,4,6,8,10H2,1H3. The fourth-order valence-corrected chi connectivity index (χ4v) is 3.80. The van der Waals surface area contributed by atoms with Crippen LogP contribution in [0.15, 0.2) is 28.7 Å². The van der Waals surface area contributed by atoms with E-state index in [-0.39, 0.29) is 5.75 Å². The molecule has 0 radical (unpaired) electrons. The molecule has 0 aliphatic heterocycles. The van der Waals surface area contributed by atoms with Crippen molar-refractivity contribution in [2.45, 2.75) is 25.7 Å².